The van der Waals surface area contributed by atoms with Crippen molar-refractivity contribution in [1.82, 2.24) is 29.4 Å². The first kappa shape index (κ1) is 27.1. The van der Waals surface area contributed by atoms with Crippen LogP contribution in [0.25, 0.3) is 11.3 Å². The summed E-state index contributed by atoms with van der Waals surface area (Å²) in [5.41, 5.74) is 0.189. The molecule has 1 aliphatic heterocycles. The molecule has 0 unspecified atom stereocenters. The summed E-state index contributed by atoms with van der Waals surface area (Å²) in [7, 11) is -3.54. The fourth-order valence-electron chi connectivity index (χ4n) is 4.02. The Hall–Kier alpha value is -3.92. The van der Waals surface area contributed by atoms with Gasteiger partial charge in [-0.25, -0.2) is 13.2 Å². The van der Waals surface area contributed by atoms with Crippen molar-refractivity contribution >= 4 is 27.8 Å². The quantitative estimate of drug-likeness (QED) is 0.451. The van der Waals surface area contributed by atoms with Gasteiger partial charge in [-0.2, -0.15) is 23.0 Å². The molecule has 1 fully saturated rings. The minimum atomic E-state index is -4.56. The molecule has 0 atom stereocenters. The standard InChI is InChI=1S/C22H24F3N7O5S/c1-38(36,37)28-19-5-7-32(27-19)21(35)30-10-8-29(9-11-30)13-15-2-3-16(22(23,24)25)12-17(15)18-4-6-31(26-18)14-20(33)34/h2-7,12H,8-11,13-14H2,1H3,(H,27,28)(H,33,34). The smallest absolute Gasteiger partial charge is 0.416 e. The van der Waals surface area contributed by atoms with Gasteiger partial charge in [0.1, 0.15) is 6.54 Å². The minimum absolute atomic E-state index is 0.0140. The molecule has 1 aromatic carbocycles. The number of rotatable bonds is 7. The molecule has 1 aliphatic rings. The normalized spacial score (nSPS) is 15.0. The van der Waals surface area contributed by atoms with Gasteiger partial charge < -0.3 is 10.0 Å². The molecule has 0 saturated carbocycles. The Morgan fingerprint density at radius 3 is 2.39 bits per heavy atom. The maximum atomic E-state index is 13.4. The third kappa shape index (κ3) is 6.69. The first-order valence-electron chi connectivity index (χ1n) is 11.3. The van der Waals surface area contributed by atoms with E-state index in [9.17, 15) is 31.2 Å². The Labute approximate surface area is 215 Å². The molecule has 1 amide bonds. The van der Waals surface area contributed by atoms with E-state index in [1.165, 1.54) is 35.5 Å². The molecule has 3 aromatic rings. The Morgan fingerprint density at radius 1 is 1.05 bits per heavy atom. The summed E-state index contributed by atoms with van der Waals surface area (Å²) in [5, 5.41) is 17.0. The molecule has 3 heterocycles. The largest absolute Gasteiger partial charge is 0.480 e. The molecule has 1 saturated heterocycles. The van der Waals surface area contributed by atoms with Crippen LogP contribution in [0.5, 0.6) is 0 Å². The van der Waals surface area contributed by atoms with Gasteiger partial charge in [0.15, 0.2) is 5.82 Å². The maximum Gasteiger partial charge on any atom is 0.416 e. The summed E-state index contributed by atoms with van der Waals surface area (Å²) in [5.74, 6) is -1.12. The van der Waals surface area contributed by atoms with Crippen molar-refractivity contribution in [2.45, 2.75) is 19.3 Å². The number of halogens is 3. The highest BCUT2D eigenvalue weighted by molar-refractivity contribution is 7.92. The van der Waals surface area contributed by atoms with Crippen LogP contribution in [-0.2, 0) is 34.1 Å². The number of aliphatic carboxylic acids is 1. The van der Waals surface area contributed by atoms with Crippen LogP contribution < -0.4 is 4.72 Å². The number of carbonyl (C=O) groups is 2. The SMILES string of the molecule is CS(=O)(=O)Nc1ccn(C(=O)N2CCN(Cc3ccc(C(F)(F)F)cc3-c3ccn(CC(=O)O)n3)CC2)n1. The number of benzene rings is 1. The summed E-state index contributed by atoms with van der Waals surface area (Å²) in [6, 6.07) is 5.76. The summed E-state index contributed by atoms with van der Waals surface area (Å²) in [6.45, 7) is 1.34. The predicted molar refractivity (Wildman–Crippen MR) is 129 cm³/mol. The van der Waals surface area contributed by atoms with Crippen molar-refractivity contribution in [3.05, 3.63) is 53.9 Å². The second-order valence-electron chi connectivity index (χ2n) is 8.73. The Morgan fingerprint density at radius 2 is 1.76 bits per heavy atom. The van der Waals surface area contributed by atoms with E-state index in [0.717, 1.165) is 27.8 Å². The van der Waals surface area contributed by atoms with Gasteiger partial charge >= 0.3 is 18.2 Å². The van der Waals surface area contributed by atoms with E-state index in [4.69, 9.17) is 5.11 Å². The Kier molecular flexibility index (Phi) is 7.46. The van der Waals surface area contributed by atoms with Gasteiger partial charge in [0.2, 0.25) is 10.0 Å². The van der Waals surface area contributed by atoms with Crippen LogP contribution >= 0.6 is 0 Å². The number of carbonyl (C=O) groups excluding carboxylic acids is 1. The van der Waals surface area contributed by atoms with Gasteiger partial charge in [-0.15, -0.1) is 5.10 Å². The molecule has 0 radical (unpaired) electrons. The molecule has 2 N–H and O–H groups in total. The molecule has 38 heavy (non-hydrogen) atoms. The maximum absolute atomic E-state index is 13.4. The molecule has 0 bridgehead atoms. The molecule has 0 aliphatic carbocycles. The van der Waals surface area contributed by atoms with E-state index in [2.05, 4.69) is 14.9 Å². The van der Waals surface area contributed by atoms with Crippen LogP contribution in [0.15, 0.2) is 42.7 Å². The molecule has 204 valence electrons. The van der Waals surface area contributed by atoms with Crippen LogP contribution in [0, 0.1) is 0 Å². The topological polar surface area (TPSA) is 143 Å². The third-order valence-electron chi connectivity index (χ3n) is 5.76. The van der Waals surface area contributed by atoms with Crippen LogP contribution in [0.3, 0.4) is 0 Å². The van der Waals surface area contributed by atoms with E-state index >= 15 is 0 Å². The van der Waals surface area contributed by atoms with E-state index in [0.29, 0.717) is 31.7 Å². The molecule has 4 rings (SSSR count). The average Bonchev–Trinajstić information content (AvgIpc) is 3.47. The second-order valence-corrected chi connectivity index (χ2v) is 10.5. The number of amides is 1. The number of carboxylic acid groups (broad SMARTS) is 1. The van der Waals surface area contributed by atoms with Gasteiger partial charge in [0, 0.05) is 56.7 Å². The molecule has 2 aromatic heterocycles. The molecule has 16 heteroatoms. The van der Waals surface area contributed by atoms with Crippen LogP contribution in [0.4, 0.5) is 23.8 Å². The van der Waals surface area contributed by atoms with Crippen LogP contribution in [0.2, 0.25) is 0 Å². The highest BCUT2D eigenvalue weighted by atomic mass is 32.2. The van der Waals surface area contributed by atoms with Gasteiger partial charge in [0.25, 0.3) is 0 Å². The average molecular weight is 556 g/mol. The molecular weight excluding hydrogens is 531 g/mol. The lowest BCUT2D eigenvalue weighted by molar-refractivity contribution is -0.138. The number of sulfonamides is 1. The van der Waals surface area contributed by atoms with Gasteiger partial charge in [-0.1, -0.05) is 6.07 Å². The van der Waals surface area contributed by atoms with Crippen molar-refractivity contribution in [2.24, 2.45) is 0 Å². The van der Waals surface area contributed by atoms with E-state index < -0.39 is 40.3 Å². The molecular formula is C22H24F3N7O5S. The van der Waals surface area contributed by atoms with E-state index in [-0.39, 0.29) is 23.6 Å². The predicted octanol–water partition coefficient (Wildman–Crippen LogP) is 2.01. The fraction of sp³-hybridized carbons (Fsp3) is 0.364. The minimum Gasteiger partial charge on any atom is -0.480 e. The zero-order valence-electron chi connectivity index (χ0n) is 20.1. The second kappa shape index (κ2) is 10.4. The summed E-state index contributed by atoms with van der Waals surface area (Å²) < 4.78 is 67.3. The first-order valence-corrected chi connectivity index (χ1v) is 13.2. The summed E-state index contributed by atoms with van der Waals surface area (Å²) in [4.78, 5) is 27.3. The van der Waals surface area contributed by atoms with Crippen molar-refractivity contribution in [1.29, 1.82) is 0 Å². The third-order valence-corrected chi connectivity index (χ3v) is 6.34. The number of hydrogen-bond acceptors (Lipinski definition) is 7. The van der Waals surface area contributed by atoms with E-state index in [1.807, 2.05) is 4.90 Å². The fourth-order valence-corrected chi connectivity index (χ4v) is 4.51. The number of alkyl halides is 3. The zero-order valence-corrected chi connectivity index (χ0v) is 20.9. The van der Waals surface area contributed by atoms with Crippen LogP contribution in [-0.4, -0.2) is 87.3 Å². The summed E-state index contributed by atoms with van der Waals surface area (Å²) in [6.07, 6.45) is -0.854. The van der Waals surface area contributed by atoms with E-state index in [1.54, 1.807) is 0 Å². The molecule has 12 nitrogen and oxygen atoms in total. The Bertz CT molecular complexity index is 1440. The van der Waals surface area contributed by atoms with Crippen molar-refractivity contribution in [3.8, 4) is 11.3 Å². The highest BCUT2D eigenvalue weighted by Gasteiger charge is 2.32. The first-order chi connectivity index (χ1) is 17.8. The number of carboxylic acids is 1. The number of nitrogens with one attached hydrogen (secondary N) is 1. The molecule has 0 spiro atoms. The van der Waals surface area contributed by atoms with Crippen molar-refractivity contribution < 1.29 is 36.3 Å². The zero-order chi connectivity index (χ0) is 27.7. The lowest BCUT2D eigenvalue weighted by Crippen LogP contribution is -2.49. The number of aromatic nitrogens is 4. The lowest BCUT2D eigenvalue weighted by Gasteiger charge is -2.34. The number of piperazine rings is 1. The number of anilines is 1. The summed E-state index contributed by atoms with van der Waals surface area (Å²) >= 11 is 0. The lowest BCUT2D eigenvalue weighted by atomic mass is 10.00. The van der Waals surface area contributed by atoms with Gasteiger partial charge in [-0.3, -0.25) is 19.1 Å². The monoisotopic (exact) mass is 555 g/mol. The van der Waals surface area contributed by atoms with Crippen molar-refractivity contribution in [3.63, 3.8) is 0 Å². The van der Waals surface area contributed by atoms with Crippen molar-refractivity contribution in [2.75, 3.05) is 37.2 Å². The Balaban J connectivity index is 1.46. The van der Waals surface area contributed by atoms with Crippen LogP contribution in [0.1, 0.15) is 11.1 Å². The number of nitrogens with zero attached hydrogens (tertiary/aromatic N) is 6. The number of hydrogen-bond donors (Lipinski definition) is 2. The van der Waals surface area contributed by atoms with Gasteiger partial charge in [0.05, 0.1) is 17.5 Å². The van der Waals surface area contributed by atoms with Gasteiger partial charge in [-0.05, 0) is 23.8 Å². The highest BCUT2D eigenvalue weighted by Crippen LogP contribution is 2.34.